The summed E-state index contributed by atoms with van der Waals surface area (Å²) in [6, 6.07) is 12.5. The molecule has 1 aromatic heterocycles. The van der Waals surface area contributed by atoms with E-state index in [9.17, 15) is 4.39 Å². The highest BCUT2D eigenvalue weighted by atomic mass is 35.5. The summed E-state index contributed by atoms with van der Waals surface area (Å²) < 4.78 is 20.6. The van der Waals surface area contributed by atoms with Crippen molar-refractivity contribution in [3.8, 4) is 11.4 Å². The lowest BCUT2D eigenvalue weighted by atomic mass is 9.99. The number of ether oxygens (including phenoxy) is 1. The zero-order valence-corrected chi connectivity index (χ0v) is 20.2. The number of methoxy groups -OCH3 is 1. The first-order valence-electron chi connectivity index (χ1n) is 10.8. The molecule has 0 unspecified atom stereocenters. The van der Waals surface area contributed by atoms with Crippen molar-refractivity contribution < 1.29 is 9.13 Å². The maximum absolute atomic E-state index is 13.6. The van der Waals surface area contributed by atoms with Crippen LogP contribution in [0.3, 0.4) is 0 Å². The third-order valence-corrected chi connectivity index (χ3v) is 6.05. The van der Waals surface area contributed by atoms with Crippen LogP contribution in [-0.2, 0) is 0 Å². The van der Waals surface area contributed by atoms with Gasteiger partial charge in [0.2, 0.25) is 5.95 Å². The Morgan fingerprint density at radius 1 is 1.22 bits per heavy atom. The van der Waals surface area contributed by atoms with Crippen molar-refractivity contribution in [1.29, 1.82) is 0 Å². The number of rotatable bonds is 9. The van der Waals surface area contributed by atoms with Crippen LogP contribution in [0.25, 0.3) is 5.69 Å². The molecule has 4 rings (SSSR count). The highest BCUT2D eigenvalue weighted by Gasteiger charge is 2.31. The summed E-state index contributed by atoms with van der Waals surface area (Å²) in [6.45, 7) is 4.89. The van der Waals surface area contributed by atoms with Gasteiger partial charge in [-0.1, -0.05) is 43.5 Å². The zero-order chi connectivity index (χ0) is 22.0. The van der Waals surface area contributed by atoms with Gasteiger partial charge in [0.25, 0.3) is 0 Å². The van der Waals surface area contributed by atoms with E-state index in [1.807, 2.05) is 31.2 Å². The van der Waals surface area contributed by atoms with Crippen LogP contribution >= 0.6 is 24.0 Å². The minimum absolute atomic E-state index is 0. The summed E-state index contributed by atoms with van der Waals surface area (Å²) in [4.78, 5) is 7.05. The molecule has 0 spiro atoms. The average molecular weight is 479 g/mol. The van der Waals surface area contributed by atoms with Crippen molar-refractivity contribution in [3.05, 3.63) is 64.7 Å². The molecule has 5 nitrogen and oxygen atoms in total. The van der Waals surface area contributed by atoms with Crippen LogP contribution < -0.4 is 9.64 Å². The van der Waals surface area contributed by atoms with Crippen LogP contribution in [0.1, 0.15) is 50.0 Å². The maximum atomic E-state index is 13.6. The van der Waals surface area contributed by atoms with Gasteiger partial charge in [0.1, 0.15) is 17.4 Å². The Morgan fingerprint density at radius 2 is 1.94 bits per heavy atom. The Kier molecular flexibility index (Phi) is 8.01. The second-order valence-electron chi connectivity index (χ2n) is 8.13. The van der Waals surface area contributed by atoms with Crippen molar-refractivity contribution in [1.82, 2.24) is 14.8 Å². The smallest absolute Gasteiger partial charge is 0.245 e. The van der Waals surface area contributed by atoms with Gasteiger partial charge in [-0.25, -0.2) is 9.07 Å². The number of nitrogens with zero attached hydrogens (tertiary/aromatic N) is 4. The Labute approximate surface area is 200 Å². The molecule has 1 atom stereocenters. The molecule has 0 N–H and O–H groups in total. The lowest BCUT2D eigenvalue weighted by Crippen LogP contribution is -2.31. The van der Waals surface area contributed by atoms with Gasteiger partial charge in [-0.3, -0.25) is 0 Å². The van der Waals surface area contributed by atoms with Crippen LogP contribution in [0.4, 0.5) is 10.3 Å². The Bertz CT molecular complexity index is 1040. The van der Waals surface area contributed by atoms with E-state index in [4.69, 9.17) is 26.4 Å². The van der Waals surface area contributed by atoms with Crippen LogP contribution in [0.5, 0.6) is 5.75 Å². The lowest BCUT2D eigenvalue weighted by Gasteiger charge is -2.31. The average Bonchev–Trinajstić information content (AvgIpc) is 3.51. The quantitative estimate of drug-likeness (QED) is 0.349. The van der Waals surface area contributed by atoms with E-state index >= 15 is 0 Å². The number of aryl methyl sites for hydroxylation is 1. The molecule has 0 radical (unpaired) electrons. The topological polar surface area (TPSA) is 43.2 Å². The summed E-state index contributed by atoms with van der Waals surface area (Å²) >= 11 is 6.50. The monoisotopic (exact) mass is 478 g/mol. The van der Waals surface area contributed by atoms with E-state index in [0.29, 0.717) is 22.6 Å². The van der Waals surface area contributed by atoms with E-state index in [1.165, 1.54) is 25.0 Å². The standard InChI is InChI=1S/C24H28ClFN4O.ClH/c1-4-13-29(23(14-17-5-6-17)18-7-9-19(26)10-8-18)24-27-16(2)30(28-24)22-12-11-20(31-3)15-21(22)25;/h7-12,15,17,23H,4-6,13-14H2,1-3H3;1H/t23-;/m0./s1. The minimum Gasteiger partial charge on any atom is -0.497 e. The first kappa shape index (κ1) is 24.3. The number of anilines is 1. The molecule has 0 aliphatic heterocycles. The highest BCUT2D eigenvalue weighted by Crippen LogP contribution is 2.41. The van der Waals surface area contributed by atoms with Gasteiger partial charge in [0.15, 0.2) is 0 Å². The summed E-state index contributed by atoms with van der Waals surface area (Å²) in [6.07, 6.45) is 4.47. The molecule has 0 saturated heterocycles. The van der Waals surface area contributed by atoms with Crippen LogP contribution in [0, 0.1) is 18.7 Å². The van der Waals surface area contributed by atoms with Crippen LogP contribution in [0.15, 0.2) is 42.5 Å². The Morgan fingerprint density at radius 3 is 2.53 bits per heavy atom. The molecule has 0 bridgehead atoms. The van der Waals surface area contributed by atoms with E-state index in [-0.39, 0.29) is 24.3 Å². The van der Waals surface area contributed by atoms with Crippen LogP contribution in [0.2, 0.25) is 5.02 Å². The second kappa shape index (κ2) is 10.5. The number of halogens is 3. The fourth-order valence-electron chi connectivity index (χ4n) is 3.95. The van der Waals surface area contributed by atoms with Gasteiger partial charge in [-0.2, -0.15) is 4.98 Å². The van der Waals surface area contributed by atoms with Crippen molar-refractivity contribution >= 4 is 30.0 Å². The van der Waals surface area contributed by atoms with E-state index in [2.05, 4.69) is 11.8 Å². The van der Waals surface area contributed by atoms with Crippen molar-refractivity contribution in [3.63, 3.8) is 0 Å². The molecule has 1 aliphatic rings. The van der Waals surface area contributed by atoms with Gasteiger partial charge in [0, 0.05) is 12.6 Å². The summed E-state index contributed by atoms with van der Waals surface area (Å²) in [7, 11) is 1.61. The highest BCUT2D eigenvalue weighted by molar-refractivity contribution is 6.32. The van der Waals surface area contributed by atoms with E-state index in [1.54, 1.807) is 17.9 Å². The number of benzene rings is 2. The molecule has 172 valence electrons. The summed E-state index contributed by atoms with van der Waals surface area (Å²) in [5, 5.41) is 5.39. The predicted molar refractivity (Wildman–Crippen MR) is 129 cm³/mol. The summed E-state index contributed by atoms with van der Waals surface area (Å²) in [5.41, 5.74) is 1.86. The third-order valence-electron chi connectivity index (χ3n) is 5.75. The lowest BCUT2D eigenvalue weighted by molar-refractivity contribution is 0.414. The molecule has 1 fully saturated rings. The molecule has 3 aromatic rings. The first-order valence-corrected chi connectivity index (χ1v) is 11.2. The SMILES string of the molecule is CCCN(c1nc(C)n(-c2ccc(OC)cc2Cl)n1)[C@@H](CC1CC1)c1ccc(F)cc1.Cl. The molecular weight excluding hydrogens is 450 g/mol. The fraction of sp³-hybridized carbons (Fsp3) is 0.417. The largest absolute Gasteiger partial charge is 0.497 e. The van der Waals surface area contributed by atoms with Gasteiger partial charge >= 0.3 is 0 Å². The minimum atomic E-state index is -0.219. The fourth-order valence-corrected chi connectivity index (χ4v) is 4.20. The molecule has 32 heavy (non-hydrogen) atoms. The van der Waals surface area contributed by atoms with Crippen molar-refractivity contribution in [2.45, 2.75) is 45.6 Å². The Balaban J connectivity index is 0.00000289. The predicted octanol–water partition coefficient (Wildman–Crippen LogP) is 6.56. The molecule has 1 saturated carbocycles. The third kappa shape index (κ3) is 5.36. The first-order chi connectivity index (χ1) is 15.0. The molecular formula is C24H29Cl2FN4O. The Hall–Kier alpha value is -2.31. The zero-order valence-electron chi connectivity index (χ0n) is 18.6. The number of hydrogen-bond acceptors (Lipinski definition) is 4. The molecule has 0 amide bonds. The number of aromatic nitrogens is 3. The molecule has 8 heteroatoms. The van der Waals surface area contributed by atoms with Gasteiger partial charge in [0.05, 0.1) is 23.9 Å². The van der Waals surface area contributed by atoms with Crippen molar-refractivity contribution in [2.24, 2.45) is 5.92 Å². The van der Waals surface area contributed by atoms with Gasteiger partial charge < -0.3 is 9.64 Å². The van der Waals surface area contributed by atoms with Gasteiger partial charge in [-0.05, 0) is 55.5 Å². The molecule has 1 aliphatic carbocycles. The van der Waals surface area contributed by atoms with Crippen molar-refractivity contribution in [2.75, 3.05) is 18.6 Å². The molecule has 1 heterocycles. The van der Waals surface area contributed by atoms with Gasteiger partial charge in [-0.15, -0.1) is 17.5 Å². The maximum Gasteiger partial charge on any atom is 0.245 e. The second-order valence-corrected chi connectivity index (χ2v) is 8.54. The molecule has 2 aromatic carbocycles. The number of hydrogen-bond donors (Lipinski definition) is 0. The van der Waals surface area contributed by atoms with Crippen LogP contribution in [-0.4, -0.2) is 28.4 Å². The van der Waals surface area contributed by atoms with E-state index < -0.39 is 0 Å². The van der Waals surface area contributed by atoms with E-state index in [0.717, 1.165) is 36.5 Å². The normalized spacial score (nSPS) is 14.0. The summed E-state index contributed by atoms with van der Waals surface area (Å²) in [5.74, 6) is 2.60.